The minimum atomic E-state index is -0.612. The highest BCUT2D eigenvalue weighted by Crippen LogP contribution is 2.16. The minimum Gasteiger partial charge on any atom is -0.345 e. The molecule has 0 radical (unpaired) electrons. The van der Waals surface area contributed by atoms with Gasteiger partial charge in [-0.1, -0.05) is 0 Å². The number of hydrogen-bond acceptors (Lipinski definition) is 3. The van der Waals surface area contributed by atoms with Gasteiger partial charge < -0.3 is 16.0 Å². The molecule has 0 aliphatic rings. The van der Waals surface area contributed by atoms with E-state index in [1.165, 1.54) is 31.1 Å². The van der Waals surface area contributed by atoms with Crippen molar-refractivity contribution in [1.82, 2.24) is 4.90 Å². The Morgan fingerprint density at radius 2 is 2.00 bits per heavy atom. The SMILES string of the molecule is CN(C)C(=O)c1cc(NC(=O)CCCN)ccc1F.Cl. The molecule has 20 heavy (non-hydrogen) atoms. The number of benzene rings is 1. The Bertz CT molecular complexity index is 481. The summed E-state index contributed by atoms with van der Waals surface area (Å²) in [5.41, 5.74) is 5.64. The van der Waals surface area contributed by atoms with Gasteiger partial charge in [0.25, 0.3) is 5.91 Å². The van der Waals surface area contributed by atoms with Gasteiger partial charge in [-0.15, -0.1) is 12.4 Å². The number of carbonyl (C=O) groups excluding carboxylic acids is 2. The molecule has 112 valence electrons. The van der Waals surface area contributed by atoms with E-state index in [0.29, 0.717) is 25.1 Å². The summed E-state index contributed by atoms with van der Waals surface area (Å²) in [6.07, 6.45) is 0.876. The Kier molecular flexibility index (Phi) is 7.79. The fourth-order valence-corrected chi connectivity index (χ4v) is 1.49. The molecule has 0 spiro atoms. The van der Waals surface area contributed by atoms with E-state index in [-0.39, 0.29) is 23.9 Å². The molecule has 1 aromatic carbocycles. The molecule has 2 amide bonds. The highest BCUT2D eigenvalue weighted by atomic mass is 35.5. The van der Waals surface area contributed by atoms with Crippen molar-refractivity contribution in [1.29, 1.82) is 0 Å². The summed E-state index contributed by atoms with van der Waals surface area (Å²) in [5.74, 6) is -1.27. The van der Waals surface area contributed by atoms with Crippen LogP contribution in [0, 0.1) is 5.82 Å². The van der Waals surface area contributed by atoms with E-state index in [1.807, 2.05) is 0 Å². The molecule has 0 aliphatic heterocycles. The van der Waals surface area contributed by atoms with Crippen molar-refractivity contribution in [3.63, 3.8) is 0 Å². The van der Waals surface area contributed by atoms with E-state index in [4.69, 9.17) is 5.73 Å². The van der Waals surface area contributed by atoms with Crippen molar-refractivity contribution < 1.29 is 14.0 Å². The lowest BCUT2D eigenvalue weighted by atomic mass is 10.1. The number of amides is 2. The highest BCUT2D eigenvalue weighted by molar-refractivity contribution is 5.97. The van der Waals surface area contributed by atoms with Gasteiger partial charge >= 0.3 is 0 Å². The van der Waals surface area contributed by atoms with Crippen LogP contribution >= 0.6 is 12.4 Å². The Morgan fingerprint density at radius 3 is 2.55 bits per heavy atom. The van der Waals surface area contributed by atoms with Gasteiger partial charge in [0.15, 0.2) is 0 Å². The van der Waals surface area contributed by atoms with Crippen LogP contribution in [-0.2, 0) is 4.79 Å². The number of halogens is 2. The summed E-state index contributed by atoms with van der Waals surface area (Å²) in [6.45, 7) is 0.432. The predicted octanol–water partition coefficient (Wildman–Crippen LogP) is 1.63. The van der Waals surface area contributed by atoms with Crippen LogP contribution in [0.3, 0.4) is 0 Å². The third-order valence-electron chi connectivity index (χ3n) is 2.49. The van der Waals surface area contributed by atoms with Gasteiger partial charge in [-0.05, 0) is 31.2 Å². The standard InChI is InChI=1S/C13H18FN3O2.ClH/c1-17(2)13(19)10-8-9(5-6-11(10)14)16-12(18)4-3-7-15;/h5-6,8H,3-4,7,15H2,1-2H3,(H,16,18);1H. The van der Waals surface area contributed by atoms with Gasteiger partial charge in [0.2, 0.25) is 5.91 Å². The number of nitrogens with one attached hydrogen (secondary N) is 1. The van der Waals surface area contributed by atoms with E-state index in [2.05, 4.69) is 5.32 Å². The molecular weight excluding hydrogens is 285 g/mol. The summed E-state index contributed by atoms with van der Waals surface area (Å²) in [6, 6.07) is 3.91. The molecule has 0 heterocycles. The Labute approximate surface area is 123 Å². The van der Waals surface area contributed by atoms with Gasteiger partial charge in [0, 0.05) is 26.2 Å². The van der Waals surface area contributed by atoms with E-state index >= 15 is 0 Å². The molecule has 0 saturated carbocycles. The van der Waals surface area contributed by atoms with Crippen LogP contribution in [0.15, 0.2) is 18.2 Å². The van der Waals surface area contributed by atoms with E-state index < -0.39 is 11.7 Å². The number of rotatable bonds is 5. The molecule has 0 atom stereocenters. The number of carbonyl (C=O) groups is 2. The van der Waals surface area contributed by atoms with Crippen molar-refractivity contribution in [2.45, 2.75) is 12.8 Å². The Balaban J connectivity index is 0.00000361. The van der Waals surface area contributed by atoms with Crippen molar-refractivity contribution in [3.8, 4) is 0 Å². The average molecular weight is 304 g/mol. The number of hydrogen-bond donors (Lipinski definition) is 2. The maximum absolute atomic E-state index is 13.5. The fraction of sp³-hybridized carbons (Fsp3) is 0.385. The Morgan fingerprint density at radius 1 is 1.35 bits per heavy atom. The summed E-state index contributed by atoms with van der Waals surface area (Å²) < 4.78 is 13.5. The summed E-state index contributed by atoms with van der Waals surface area (Å²) >= 11 is 0. The number of nitrogens with two attached hydrogens (primary N) is 1. The average Bonchev–Trinajstić information content (AvgIpc) is 2.37. The molecule has 7 heteroatoms. The van der Waals surface area contributed by atoms with Crippen molar-refractivity contribution in [2.75, 3.05) is 26.0 Å². The van der Waals surface area contributed by atoms with Crippen molar-refractivity contribution >= 4 is 29.9 Å². The maximum Gasteiger partial charge on any atom is 0.256 e. The number of anilines is 1. The van der Waals surface area contributed by atoms with Gasteiger partial charge in [-0.2, -0.15) is 0 Å². The molecule has 0 aliphatic carbocycles. The second-order valence-electron chi connectivity index (χ2n) is 4.33. The molecule has 0 bridgehead atoms. The minimum absolute atomic E-state index is 0. The monoisotopic (exact) mass is 303 g/mol. The van der Waals surface area contributed by atoms with Crippen LogP contribution in [-0.4, -0.2) is 37.4 Å². The third-order valence-corrected chi connectivity index (χ3v) is 2.49. The summed E-state index contributed by atoms with van der Waals surface area (Å²) in [4.78, 5) is 24.5. The lowest BCUT2D eigenvalue weighted by Gasteiger charge is -2.12. The first-order valence-corrected chi connectivity index (χ1v) is 5.97. The normalized spacial score (nSPS) is 9.60. The molecule has 3 N–H and O–H groups in total. The molecule has 1 aromatic rings. The maximum atomic E-state index is 13.5. The summed E-state index contributed by atoms with van der Waals surface area (Å²) in [7, 11) is 3.07. The zero-order chi connectivity index (χ0) is 14.4. The van der Waals surface area contributed by atoms with Crippen LogP contribution in [0.25, 0.3) is 0 Å². The molecule has 0 unspecified atom stereocenters. The fourth-order valence-electron chi connectivity index (χ4n) is 1.49. The first-order chi connectivity index (χ1) is 8.95. The van der Waals surface area contributed by atoms with Crippen LogP contribution in [0.1, 0.15) is 23.2 Å². The molecule has 0 fully saturated rings. The lowest BCUT2D eigenvalue weighted by molar-refractivity contribution is -0.116. The molecule has 0 aromatic heterocycles. The zero-order valence-corrected chi connectivity index (χ0v) is 12.3. The zero-order valence-electron chi connectivity index (χ0n) is 11.5. The van der Waals surface area contributed by atoms with Crippen molar-refractivity contribution in [2.24, 2.45) is 5.73 Å². The van der Waals surface area contributed by atoms with Crippen LogP contribution in [0.2, 0.25) is 0 Å². The van der Waals surface area contributed by atoms with E-state index in [9.17, 15) is 14.0 Å². The van der Waals surface area contributed by atoms with Gasteiger partial charge in [0.05, 0.1) is 5.56 Å². The lowest BCUT2D eigenvalue weighted by Crippen LogP contribution is -2.23. The second kappa shape index (κ2) is 8.50. The van der Waals surface area contributed by atoms with Crippen LogP contribution in [0.4, 0.5) is 10.1 Å². The first-order valence-electron chi connectivity index (χ1n) is 5.97. The smallest absolute Gasteiger partial charge is 0.256 e. The molecule has 5 nitrogen and oxygen atoms in total. The topological polar surface area (TPSA) is 75.4 Å². The van der Waals surface area contributed by atoms with Gasteiger partial charge in [-0.25, -0.2) is 4.39 Å². The van der Waals surface area contributed by atoms with Crippen LogP contribution in [0.5, 0.6) is 0 Å². The number of nitrogens with zero attached hydrogens (tertiary/aromatic N) is 1. The third kappa shape index (κ3) is 5.14. The summed E-state index contributed by atoms with van der Waals surface area (Å²) in [5, 5.41) is 2.61. The molecular formula is C13H19ClFN3O2. The van der Waals surface area contributed by atoms with Gasteiger partial charge in [-0.3, -0.25) is 9.59 Å². The van der Waals surface area contributed by atoms with Crippen molar-refractivity contribution in [3.05, 3.63) is 29.6 Å². The first kappa shape index (κ1) is 18.3. The highest BCUT2D eigenvalue weighted by Gasteiger charge is 2.14. The quantitative estimate of drug-likeness (QED) is 0.868. The largest absolute Gasteiger partial charge is 0.345 e. The molecule has 1 rings (SSSR count). The van der Waals surface area contributed by atoms with Crippen LogP contribution < -0.4 is 11.1 Å². The predicted molar refractivity (Wildman–Crippen MR) is 78.6 cm³/mol. The Hall–Kier alpha value is -1.66. The van der Waals surface area contributed by atoms with E-state index in [0.717, 1.165) is 6.07 Å². The van der Waals surface area contributed by atoms with Gasteiger partial charge in [0.1, 0.15) is 5.82 Å². The second-order valence-corrected chi connectivity index (χ2v) is 4.33. The van der Waals surface area contributed by atoms with E-state index in [1.54, 1.807) is 0 Å². The molecule has 0 saturated heterocycles.